The van der Waals surface area contributed by atoms with E-state index in [-0.39, 0.29) is 11.8 Å². The van der Waals surface area contributed by atoms with Crippen molar-refractivity contribution in [1.29, 1.82) is 0 Å². The minimum Gasteiger partial charge on any atom is -0.504 e. The van der Waals surface area contributed by atoms with Gasteiger partial charge >= 0.3 is 5.97 Å². The van der Waals surface area contributed by atoms with E-state index in [2.05, 4.69) is 4.90 Å². The number of hydrogen-bond acceptors (Lipinski definition) is 6. The standard InChI is InChI=1S/C23H25NO5/c1-3-4-5-6-18(26)28-16-9-10-23(27)17-13-14-7-8-15(25)20-19(14)22(23,21(16)29-20)11-12-24(17)2/h3-9,17,21,25,27H,10-13H2,1-2H3/t17?,21-,22-,23-/m0/s1. The first-order chi connectivity index (χ1) is 13.9. The summed E-state index contributed by atoms with van der Waals surface area (Å²) >= 11 is 0. The molecule has 1 aromatic carbocycles. The number of likely N-dealkylation sites (tertiary alicyclic amines) is 1. The zero-order valence-electron chi connectivity index (χ0n) is 16.6. The molecule has 2 bridgehead atoms. The Morgan fingerprint density at radius 3 is 3.00 bits per heavy atom. The van der Waals surface area contributed by atoms with Crippen LogP contribution >= 0.6 is 0 Å². The number of likely N-dealkylation sites (N-methyl/N-ethyl adjacent to an activating group) is 1. The number of carbonyl (C=O) groups is 1. The van der Waals surface area contributed by atoms with Gasteiger partial charge in [-0.15, -0.1) is 0 Å². The number of phenolic OH excluding ortho intramolecular Hbond substituents is 1. The van der Waals surface area contributed by atoms with E-state index in [9.17, 15) is 15.0 Å². The van der Waals surface area contributed by atoms with Crippen molar-refractivity contribution in [2.45, 2.75) is 49.3 Å². The second-order valence-corrected chi connectivity index (χ2v) is 8.41. The number of ether oxygens (including phenoxy) is 2. The van der Waals surface area contributed by atoms with Crippen LogP contribution in [0, 0.1) is 0 Å². The first-order valence-corrected chi connectivity index (χ1v) is 10.1. The molecule has 0 amide bonds. The number of aliphatic hydroxyl groups is 1. The molecule has 2 N–H and O–H groups in total. The van der Waals surface area contributed by atoms with Crippen LogP contribution in [0.5, 0.6) is 11.5 Å². The van der Waals surface area contributed by atoms with Gasteiger partial charge in [0.25, 0.3) is 0 Å². The molecule has 29 heavy (non-hydrogen) atoms. The minimum absolute atomic E-state index is 0.0610. The first kappa shape index (κ1) is 18.5. The quantitative estimate of drug-likeness (QED) is 0.465. The molecule has 5 rings (SSSR count). The molecule has 1 unspecified atom stereocenters. The number of nitrogens with zero attached hydrogens (tertiary/aromatic N) is 1. The number of carbonyl (C=O) groups excluding carboxylic acids is 1. The Morgan fingerprint density at radius 1 is 1.38 bits per heavy atom. The summed E-state index contributed by atoms with van der Waals surface area (Å²) in [5.74, 6) is 0.408. The predicted molar refractivity (Wildman–Crippen MR) is 107 cm³/mol. The van der Waals surface area contributed by atoms with Crippen LogP contribution in [0.15, 0.2) is 48.3 Å². The maximum atomic E-state index is 12.3. The Balaban J connectivity index is 1.63. The summed E-state index contributed by atoms with van der Waals surface area (Å²) in [5, 5.41) is 22.5. The van der Waals surface area contributed by atoms with Crippen molar-refractivity contribution < 1.29 is 24.5 Å². The van der Waals surface area contributed by atoms with Crippen molar-refractivity contribution in [2.75, 3.05) is 13.6 Å². The molecule has 4 aliphatic rings. The number of phenols is 1. The predicted octanol–water partition coefficient (Wildman–Crippen LogP) is 2.35. The number of hydrogen-bond donors (Lipinski definition) is 2. The van der Waals surface area contributed by atoms with Crippen molar-refractivity contribution in [1.82, 2.24) is 4.90 Å². The fraction of sp³-hybridized carbons (Fsp3) is 0.435. The van der Waals surface area contributed by atoms with Gasteiger partial charge in [-0.25, -0.2) is 4.79 Å². The van der Waals surface area contributed by atoms with Gasteiger partial charge in [0.2, 0.25) is 0 Å². The zero-order valence-corrected chi connectivity index (χ0v) is 16.6. The number of allylic oxidation sites excluding steroid dienone is 3. The molecule has 4 atom stereocenters. The van der Waals surface area contributed by atoms with Crippen molar-refractivity contribution in [3.63, 3.8) is 0 Å². The second-order valence-electron chi connectivity index (χ2n) is 8.41. The van der Waals surface area contributed by atoms with Gasteiger partial charge in [0.15, 0.2) is 17.6 Å². The molecular weight excluding hydrogens is 370 g/mol. The average molecular weight is 395 g/mol. The summed E-state index contributed by atoms with van der Waals surface area (Å²) in [7, 11) is 2.04. The van der Waals surface area contributed by atoms with Crippen molar-refractivity contribution in [3.05, 3.63) is 59.4 Å². The molecule has 2 aliphatic carbocycles. The largest absolute Gasteiger partial charge is 0.504 e. The topological polar surface area (TPSA) is 79.2 Å². The first-order valence-electron chi connectivity index (χ1n) is 10.1. The molecule has 2 aliphatic heterocycles. The van der Waals surface area contributed by atoms with Crippen LogP contribution in [-0.4, -0.2) is 52.4 Å². The van der Waals surface area contributed by atoms with E-state index in [1.54, 1.807) is 24.3 Å². The highest BCUT2D eigenvalue weighted by Crippen LogP contribution is 2.65. The molecule has 152 valence electrons. The van der Waals surface area contributed by atoms with Crippen LogP contribution in [0.3, 0.4) is 0 Å². The lowest BCUT2D eigenvalue weighted by Gasteiger charge is -2.61. The van der Waals surface area contributed by atoms with Gasteiger partial charge < -0.3 is 24.6 Å². The van der Waals surface area contributed by atoms with E-state index in [1.807, 2.05) is 26.1 Å². The Hall–Kier alpha value is -2.57. The Kier molecular flexibility index (Phi) is 3.95. The van der Waals surface area contributed by atoms with Gasteiger partial charge in [-0.05, 0) is 51.1 Å². The Labute approximate surface area is 169 Å². The fourth-order valence-electron chi connectivity index (χ4n) is 5.83. The van der Waals surface area contributed by atoms with Gasteiger partial charge in [-0.1, -0.05) is 24.3 Å². The van der Waals surface area contributed by atoms with Crippen LogP contribution < -0.4 is 4.74 Å². The molecule has 6 heteroatoms. The molecule has 1 saturated heterocycles. The molecule has 0 saturated carbocycles. The normalized spacial score (nSPS) is 34.8. The average Bonchev–Trinajstić information content (AvgIpc) is 3.05. The maximum Gasteiger partial charge on any atom is 0.335 e. The number of esters is 1. The second kappa shape index (κ2) is 6.21. The molecule has 0 aromatic heterocycles. The van der Waals surface area contributed by atoms with Crippen molar-refractivity contribution >= 4 is 5.97 Å². The van der Waals surface area contributed by atoms with Gasteiger partial charge in [0, 0.05) is 24.1 Å². The van der Waals surface area contributed by atoms with Crippen LogP contribution in [-0.2, 0) is 21.4 Å². The van der Waals surface area contributed by atoms with Crippen LogP contribution in [0.2, 0.25) is 0 Å². The molecule has 2 heterocycles. The van der Waals surface area contributed by atoms with E-state index in [4.69, 9.17) is 9.47 Å². The third-order valence-corrected chi connectivity index (χ3v) is 7.11. The summed E-state index contributed by atoms with van der Waals surface area (Å²) < 4.78 is 11.9. The molecule has 0 radical (unpaired) electrons. The number of piperidine rings is 1. The van der Waals surface area contributed by atoms with Crippen LogP contribution in [0.1, 0.15) is 30.9 Å². The third kappa shape index (κ3) is 2.27. The zero-order chi connectivity index (χ0) is 20.4. The highest BCUT2D eigenvalue weighted by Gasteiger charge is 2.72. The Bertz CT molecular complexity index is 980. The van der Waals surface area contributed by atoms with Crippen LogP contribution in [0.25, 0.3) is 0 Å². The van der Waals surface area contributed by atoms with Crippen LogP contribution in [0.4, 0.5) is 0 Å². The highest BCUT2D eigenvalue weighted by atomic mass is 16.6. The van der Waals surface area contributed by atoms with E-state index in [0.29, 0.717) is 30.8 Å². The number of benzene rings is 1. The third-order valence-electron chi connectivity index (χ3n) is 7.11. The fourth-order valence-corrected chi connectivity index (χ4v) is 5.83. The van der Waals surface area contributed by atoms with E-state index < -0.39 is 23.1 Å². The van der Waals surface area contributed by atoms with Crippen molar-refractivity contribution in [3.8, 4) is 11.5 Å². The van der Waals surface area contributed by atoms with Gasteiger partial charge in [-0.3, -0.25) is 0 Å². The molecule has 1 spiro atoms. The smallest absolute Gasteiger partial charge is 0.335 e. The Morgan fingerprint density at radius 2 is 2.21 bits per heavy atom. The van der Waals surface area contributed by atoms with E-state index in [0.717, 1.165) is 17.7 Å². The summed E-state index contributed by atoms with van der Waals surface area (Å²) in [4.78, 5) is 14.5. The highest BCUT2D eigenvalue weighted by molar-refractivity contribution is 5.83. The summed E-state index contributed by atoms with van der Waals surface area (Å²) in [5.41, 5.74) is 0.193. The molecule has 1 fully saturated rings. The molecular formula is C23H25NO5. The van der Waals surface area contributed by atoms with E-state index >= 15 is 0 Å². The SMILES string of the molecule is CC=CC=CC(=O)OC1=CC[C@]2(O)C3Cc4ccc(O)c5c4[C@@]2(CCN3C)[C@H]1O5. The maximum absolute atomic E-state index is 12.3. The minimum atomic E-state index is -1.05. The molecule has 6 nitrogen and oxygen atoms in total. The summed E-state index contributed by atoms with van der Waals surface area (Å²) in [6.07, 6.45) is 9.44. The van der Waals surface area contributed by atoms with Gasteiger partial charge in [-0.2, -0.15) is 0 Å². The summed E-state index contributed by atoms with van der Waals surface area (Å²) in [6, 6.07) is 3.52. The molecule has 1 aromatic rings. The van der Waals surface area contributed by atoms with Gasteiger partial charge in [0.05, 0.1) is 11.0 Å². The van der Waals surface area contributed by atoms with Gasteiger partial charge in [0.1, 0.15) is 5.76 Å². The summed E-state index contributed by atoms with van der Waals surface area (Å²) in [6.45, 7) is 2.66. The number of rotatable bonds is 3. The number of aromatic hydroxyl groups is 1. The lowest BCUT2D eigenvalue weighted by molar-refractivity contribution is -0.168. The lowest BCUT2D eigenvalue weighted by atomic mass is 9.50. The van der Waals surface area contributed by atoms with E-state index in [1.165, 1.54) is 6.08 Å². The lowest BCUT2D eigenvalue weighted by Crippen LogP contribution is -2.74. The monoisotopic (exact) mass is 395 g/mol. The van der Waals surface area contributed by atoms with Crippen molar-refractivity contribution in [2.24, 2.45) is 0 Å².